The second-order valence-electron chi connectivity index (χ2n) is 5.66. The van der Waals surface area contributed by atoms with E-state index in [4.69, 9.17) is 0 Å². The van der Waals surface area contributed by atoms with Gasteiger partial charge in [-0.05, 0) is 18.6 Å². The lowest BCUT2D eigenvalue weighted by Crippen LogP contribution is -2.69. The molecule has 0 saturated heterocycles. The van der Waals surface area contributed by atoms with Crippen molar-refractivity contribution in [1.29, 1.82) is 0 Å². The summed E-state index contributed by atoms with van der Waals surface area (Å²) in [4.78, 5) is 0. The summed E-state index contributed by atoms with van der Waals surface area (Å²) in [6, 6.07) is 4.60. The van der Waals surface area contributed by atoms with E-state index in [1.165, 1.54) is 19.1 Å². The van der Waals surface area contributed by atoms with Gasteiger partial charge in [0.05, 0.1) is 0 Å². The Bertz CT molecular complexity index is 710. The zero-order valence-corrected chi connectivity index (χ0v) is 13.4. The zero-order chi connectivity index (χ0) is 22.4. The van der Waals surface area contributed by atoms with Crippen molar-refractivity contribution >= 4 is 6.08 Å². The summed E-state index contributed by atoms with van der Waals surface area (Å²) in [7, 11) is 0. The highest BCUT2D eigenvalue weighted by Crippen LogP contribution is 2.60. The van der Waals surface area contributed by atoms with Crippen LogP contribution in [0.1, 0.15) is 11.1 Å². The highest BCUT2D eigenvalue weighted by Gasteiger charge is 2.90. The first kappa shape index (κ1) is 24.1. The Morgan fingerprint density at radius 3 is 1.36 bits per heavy atom. The van der Waals surface area contributed by atoms with Crippen LogP contribution in [-0.4, -0.2) is 35.8 Å². The van der Waals surface area contributed by atoms with Gasteiger partial charge in [-0.2, -0.15) is 57.1 Å². The van der Waals surface area contributed by atoms with Gasteiger partial charge in [0.15, 0.2) is 0 Å². The maximum absolute atomic E-state index is 13.5. The molecular formula is C15H9F13. The molecule has 1 aromatic carbocycles. The van der Waals surface area contributed by atoms with Gasteiger partial charge >= 0.3 is 35.8 Å². The number of allylic oxidation sites excluding steroid dienone is 1. The van der Waals surface area contributed by atoms with Crippen molar-refractivity contribution in [1.82, 2.24) is 0 Å². The average Bonchev–Trinajstić information content (AvgIpc) is 2.52. The maximum Gasteiger partial charge on any atom is 0.460 e. The Kier molecular flexibility index (Phi) is 5.88. The van der Waals surface area contributed by atoms with E-state index in [9.17, 15) is 57.1 Å². The number of benzene rings is 1. The predicted octanol–water partition coefficient (Wildman–Crippen LogP) is 6.75. The molecule has 160 valence electrons. The molecule has 0 atom stereocenters. The van der Waals surface area contributed by atoms with Crippen LogP contribution in [0.3, 0.4) is 0 Å². The molecule has 0 aliphatic heterocycles. The minimum atomic E-state index is -7.89. The fraction of sp³-hybridized carbons (Fsp3) is 0.467. The Balaban J connectivity index is 3.38. The Hall–Kier alpha value is -1.95. The summed E-state index contributed by atoms with van der Waals surface area (Å²) >= 11 is 0. The van der Waals surface area contributed by atoms with Crippen LogP contribution in [0.5, 0.6) is 0 Å². The quantitative estimate of drug-likeness (QED) is 0.433. The molecule has 1 aromatic rings. The Morgan fingerprint density at radius 2 is 0.964 bits per heavy atom. The van der Waals surface area contributed by atoms with Crippen LogP contribution >= 0.6 is 0 Å². The third-order valence-corrected chi connectivity index (χ3v) is 3.52. The SMILES string of the molecule is Cc1ccc(C=CC(F)(F)C(F)(F)C(F)(F)C(F)(F)C(F)(F)C(F)(F)F)cc1. The van der Waals surface area contributed by atoms with E-state index < -0.39 is 41.9 Å². The van der Waals surface area contributed by atoms with E-state index >= 15 is 0 Å². The molecule has 0 aliphatic rings. The molecule has 0 aliphatic carbocycles. The van der Waals surface area contributed by atoms with Crippen LogP contribution in [0, 0.1) is 6.92 Å². The molecule has 0 unspecified atom stereocenters. The number of halogens is 13. The summed E-state index contributed by atoms with van der Waals surface area (Å²) in [5, 5.41) is 0. The average molecular weight is 436 g/mol. The van der Waals surface area contributed by atoms with Crippen LogP contribution in [0.15, 0.2) is 30.3 Å². The fourth-order valence-corrected chi connectivity index (χ4v) is 1.76. The molecule has 0 aromatic heterocycles. The smallest absolute Gasteiger partial charge is 0.195 e. The minimum absolute atomic E-state index is 0.0868. The van der Waals surface area contributed by atoms with Crippen molar-refractivity contribution in [2.75, 3.05) is 0 Å². The maximum atomic E-state index is 13.5. The van der Waals surface area contributed by atoms with Gasteiger partial charge in [-0.1, -0.05) is 35.9 Å². The van der Waals surface area contributed by atoms with Crippen molar-refractivity contribution in [3.05, 3.63) is 41.5 Å². The number of hydrogen-bond acceptors (Lipinski definition) is 0. The summed E-state index contributed by atoms with van der Waals surface area (Å²) < 4.78 is 168. The first-order valence-corrected chi connectivity index (χ1v) is 6.94. The van der Waals surface area contributed by atoms with Crippen LogP contribution in [-0.2, 0) is 0 Å². The van der Waals surface area contributed by atoms with Gasteiger partial charge in [-0.3, -0.25) is 0 Å². The molecule has 0 amide bonds. The molecule has 0 bridgehead atoms. The van der Waals surface area contributed by atoms with Gasteiger partial charge in [-0.15, -0.1) is 0 Å². The highest BCUT2D eigenvalue weighted by atomic mass is 19.4. The van der Waals surface area contributed by atoms with Crippen LogP contribution in [0.4, 0.5) is 57.1 Å². The largest absolute Gasteiger partial charge is 0.460 e. The standard InChI is InChI=1S/C15H9F13/c1-8-2-4-9(5-3-8)6-7-10(16,17)11(18,19)12(20,21)13(22,23)14(24,25)15(26,27)28/h2-7H,1H3. The molecule has 0 nitrogen and oxygen atoms in total. The van der Waals surface area contributed by atoms with Crippen LogP contribution in [0.25, 0.3) is 6.08 Å². The lowest BCUT2D eigenvalue weighted by atomic mass is 9.93. The molecule has 0 spiro atoms. The minimum Gasteiger partial charge on any atom is -0.195 e. The number of hydrogen-bond donors (Lipinski definition) is 0. The lowest BCUT2D eigenvalue weighted by molar-refractivity contribution is -0.436. The van der Waals surface area contributed by atoms with Gasteiger partial charge in [-0.25, -0.2) is 0 Å². The molecule has 0 N–H and O–H groups in total. The first-order chi connectivity index (χ1) is 12.2. The molecule has 13 heteroatoms. The summed E-state index contributed by atoms with van der Waals surface area (Å²) in [6.07, 6.45) is -8.32. The molecule has 0 radical (unpaired) electrons. The van der Waals surface area contributed by atoms with E-state index in [1.807, 2.05) is 0 Å². The van der Waals surface area contributed by atoms with Crippen molar-refractivity contribution in [3.63, 3.8) is 0 Å². The normalized spacial score (nSPS) is 15.4. The molecule has 0 saturated carbocycles. The van der Waals surface area contributed by atoms with Crippen LogP contribution in [0.2, 0.25) is 0 Å². The molecule has 28 heavy (non-hydrogen) atoms. The molecular weight excluding hydrogens is 427 g/mol. The predicted molar refractivity (Wildman–Crippen MR) is 71.0 cm³/mol. The van der Waals surface area contributed by atoms with E-state index in [2.05, 4.69) is 0 Å². The van der Waals surface area contributed by atoms with Crippen molar-refractivity contribution in [3.8, 4) is 0 Å². The van der Waals surface area contributed by atoms with Crippen molar-refractivity contribution in [2.24, 2.45) is 0 Å². The van der Waals surface area contributed by atoms with E-state index in [-0.39, 0.29) is 11.6 Å². The third-order valence-electron chi connectivity index (χ3n) is 3.52. The summed E-state index contributed by atoms with van der Waals surface area (Å²) in [6.45, 7) is 1.53. The number of aryl methyl sites for hydroxylation is 1. The summed E-state index contributed by atoms with van der Waals surface area (Å²) in [5.41, 5.74) is 0.270. The van der Waals surface area contributed by atoms with Gasteiger partial charge in [0.1, 0.15) is 0 Å². The molecule has 0 heterocycles. The Labute approximate surface area is 148 Å². The first-order valence-electron chi connectivity index (χ1n) is 6.94. The van der Waals surface area contributed by atoms with Gasteiger partial charge in [0.2, 0.25) is 0 Å². The van der Waals surface area contributed by atoms with E-state index in [0.29, 0.717) is 5.56 Å². The monoisotopic (exact) mass is 436 g/mol. The number of alkyl halides is 13. The second kappa shape index (κ2) is 6.83. The van der Waals surface area contributed by atoms with Gasteiger partial charge in [0, 0.05) is 0 Å². The van der Waals surface area contributed by atoms with Crippen LogP contribution < -0.4 is 0 Å². The molecule has 1 rings (SSSR count). The van der Waals surface area contributed by atoms with Gasteiger partial charge < -0.3 is 0 Å². The third kappa shape index (κ3) is 3.66. The fourth-order valence-electron chi connectivity index (χ4n) is 1.76. The Morgan fingerprint density at radius 1 is 0.571 bits per heavy atom. The van der Waals surface area contributed by atoms with Crippen molar-refractivity contribution in [2.45, 2.75) is 42.7 Å². The van der Waals surface area contributed by atoms with E-state index in [1.54, 1.807) is 0 Å². The summed E-state index contributed by atoms with van der Waals surface area (Å²) in [5.74, 6) is -36.9. The lowest BCUT2D eigenvalue weighted by Gasteiger charge is -2.39. The van der Waals surface area contributed by atoms with E-state index in [0.717, 1.165) is 12.1 Å². The van der Waals surface area contributed by atoms with Crippen molar-refractivity contribution < 1.29 is 57.1 Å². The number of rotatable bonds is 6. The molecule has 0 fully saturated rings. The van der Waals surface area contributed by atoms with Gasteiger partial charge in [0.25, 0.3) is 0 Å². The second-order valence-corrected chi connectivity index (χ2v) is 5.66. The zero-order valence-electron chi connectivity index (χ0n) is 13.4. The highest BCUT2D eigenvalue weighted by molar-refractivity contribution is 5.51. The topological polar surface area (TPSA) is 0 Å².